The molecular weight excluding hydrogens is 216 g/mol. The minimum absolute atomic E-state index is 0.0708. The molecule has 1 rings (SSSR count). The minimum atomic E-state index is -0.565. The Hall–Kier alpha value is -1.68. The molecule has 0 aromatic heterocycles. The van der Waals surface area contributed by atoms with Crippen LogP contribution in [-0.4, -0.2) is 31.9 Å². The summed E-state index contributed by atoms with van der Waals surface area (Å²) in [4.78, 5) is 11.5. The molecule has 0 unspecified atom stereocenters. The molecule has 92 valence electrons. The van der Waals surface area contributed by atoms with E-state index in [1.807, 2.05) is 25.2 Å². The summed E-state index contributed by atoms with van der Waals surface area (Å²) in [6, 6.07) is 7.45. The summed E-state index contributed by atoms with van der Waals surface area (Å²) in [5, 5.41) is 10.9. The number of carbonyl (C=O) groups is 1. The molecule has 1 aromatic carbocycles. The predicted octanol–water partition coefficient (Wildman–Crippen LogP) is 1.38. The highest BCUT2D eigenvalue weighted by atomic mass is 16.5. The maximum absolute atomic E-state index is 11.5. The van der Waals surface area contributed by atoms with Crippen LogP contribution in [-0.2, 0) is 16.0 Å². The molecule has 0 aliphatic heterocycles. The van der Waals surface area contributed by atoms with Gasteiger partial charge in [0.2, 0.25) is 0 Å². The Morgan fingerprint density at radius 2 is 2.12 bits per heavy atom. The Labute approximate surface area is 101 Å². The Kier molecular flexibility index (Phi) is 5.36. The maximum atomic E-state index is 11.5. The van der Waals surface area contributed by atoms with E-state index in [9.17, 15) is 4.79 Å². The summed E-state index contributed by atoms with van der Waals surface area (Å²) >= 11 is 0. The zero-order valence-electron chi connectivity index (χ0n) is 10.2. The molecule has 0 atom stereocenters. The number of likely N-dealkylation sites (N-methyl/N-ethyl adjacent to an activating group) is 1. The van der Waals surface area contributed by atoms with Crippen LogP contribution in [0.5, 0.6) is 0 Å². The van der Waals surface area contributed by atoms with Crippen molar-refractivity contribution in [3.8, 4) is 0 Å². The molecule has 1 aromatic rings. The van der Waals surface area contributed by atoms with Crippen LogP contribution in [0.25, 0.3) is 0 Å². The van der Waals surface area contributed by atoms with Gasteiger partial charge in [0, 0.05) is 5.56 Å². The predicted molar refractivity (Wildman–Crippen MR) is 67.5 cm³/mol. The Bertz CT molecular complexity index is 402. The standard InChI is InChI=1S/C13H18N2O2/c1-3-17-13(16)12(14)11-7-5-4-6-10(11)8-9-15-2/h4-7,14-15H,3,8-9H2,1-2H3. The van der Waals surface area contributed by atoms with Gasteiger partial charge >= 0.3 is 5.97 Å². The van der Waals surface area contributed by atoms with Gasteiger partial charge in [-0.25, -0.2) is 4.79 Å². The van der Waals surface area contributed by atoms with Gasteiger partial charge in [0.15, 0.2) is 0 Å². The van der Waals surface area contributed by atoms with Crippen LogP contribution in [0, 0.1) is 5.41 Å². The van der Waals surface area contributed by atoms with Crippen molar-refractivity contribution in [1.82, 2.24) is 5.32 Å². The lowest BCUT2D eigenvalue weighted by atomic mass is 10.0. The number of nitrogens with one attached hydrogen (secondary N) is 2. The fourth-order valence-corrected chi connectivity index (χ4v) is 1.56. The van der Waals surface area contributed by atoms with Crippen LogP contribution in [0.4, 0.5) is 0 Å². The van der Waals surface area contributed by atoms with Crippen molar-refractivity contribution < 1.29 is 9.53 Å². The molecule has 0 amide bonds. The summed E-state index contributed by atoms with van der Waals surface area (Å²) in [5.41, 5.74) is 1.57. The van der Waals surface area contributed by atoms with Gasteiger partial charge in [0.25, 0.3) is 0 Å². The van der Waals surface area contributed by atoms with E-state index in [2.05, 4.69) is 5.32 Å². The number of ether oxygens (including phenoxy) is 1. The molecule has 4 heteroatoms. The number of esters is 1. The van der Waals surface area contributed by atoms with Gasteiger partial charge in [0.05, 0.1) is 6.61 Å². The van der Waals surface area contributed by atoms with E-state index in [0.29, 0.717) is 12.2 Å². The topological polar surface area (TPSA) is 62.2 Å². The van der Waals surface area contributed by atoms with Gasteiger partial charge in [-0.15, -0.1) is 0 Å². The molecule has 0 saturated heterocycles. The zero-order chi connectivity index (χ0) is 12.7. The van der Waals surface area contributed by atoms with Crippen molar-refractivity contribution in [2.24, 2.45) is 0 Å². The smallest absolute Gasteiger partial charge is 0.356 e. The third-order valence-electron chi connectivity index (χ3n) is 2.41. The van der Waals surface area contributed by atoms with Crippen LogP contribution in [0.1, 0.15) is 18.1 Å². The largest absolute Gasteiger partial charge is 0.461 e. The molecular formula is C13H18N2O2. The molecule has 0 saturated carbocycles. The summed E-state index contributed by atoms with van der Waals surface area (Å²) in [6.07, 6.45) is 0.786. The second-order valence-corrected chi connectivity index (χ2v) is 3.61. The Balaban J connectivity index is 2.88. The molecule has 0 radical (unpaired) electrons. The normalized spacial score (nSPS) is 10.0. The van der Waals surface area contributed by atoms with Crippen LogP contribution in [0.15, 0.2) is 24.3 Å². The first-order valence-corrected chi connectivity index (χ1v) is 5.69. The van der Waals surface area contributed by atoms with Crippen molar-refractivity contribution in [3.63, 3.8) is 0 Å². The van der Waals surface area contributed by atoms with Crippen molar-refractivity contribution in [2.75, 3.05) is 20.2 Å². The molecule has 0 fully saturated rings. The first-order chi connectivity index (χ1) is 8.20. The van der Waals surface area contributed by atoms with Crippen LogP contribution in [0.2, 0.25) is 0 Å². The summed E-state index contributed by atoms with van der Waals surface area (Å²) in [5.74, 6) is -0.565. The van der Waals surface area contributed by atoms with Crippen molar-refractivity contribution in [3.05, 3.63) is 35.4 Å². The van der Waals surface area contributed by atoms with E-state index in [-0.39, 0.29) is 5.71 Å². The van der Waals surface area contributed by atoms with E-state index in [1.165, 1.54) is 0 Å². The Morgan fingerprint density at radius 3 is 2.76 bits per heavy atom. The fourth-order valence-electron chi connectivity index (χ4n) is 1.56. The molecule has 0 heterocycles. The van der Waals surface area contributed by atoms with Crippen molar-refractivity contribution >= 4 is 11.7 Å². The number of benzene rings is 1. The van der Waals surface area contributed by atoms with Gasteiger partial charge < -0.3 is 10.1 Å². The van der Waals surface area contributed by atoms with Crippen LogP contribution < -0.4 is 5.32 Å². The van der Waals surface area contributed by atoms with E-state index in [4.69, 9.17) is 10.1 Å². The first-order valence-electron chi connectivity index (χ1n) is 5.69. The lowest BCUT2D eigenvalue weighted by Gasteiger charge is -2.09. The number of hydrogen-bond donors (Lipinski definition) is 2. The van der Waals surface area contributed by atoms with E-state index >= 15 is 0 Å². The molecule has 0 spiro atoms. The summed E-state index contributed by atoms with van der Waals surface area (Å²) in [6.45, 7) is 2.84. The SMILES string of the molecule is CCOC(=O)C(=N)c1ccccc1CCNC. The lowest BCUT2D eigenvalue weighted by molar-refractivity contribution is -0.135. The van der Waals surface area contributed by atoms with Crippen molar-refractivity contribution in [2.45, 2.75) is 13.3 Å². The second-order valence-electron chi connectivity index (χ2n) is 3.61. The number of carbonyl (C=O) groups excluding carboxylic acids is 1. The lowest BCUT2D eigenvalue weighted by Crippen LogP contribution is -2.20. The average molecular weight is 234 g/mol. The molecule has 4 nitrogen and oxygen atoms in total. The molecule has 0 aliphatic rings. The van der Waals surface area contributed by atoms with Gasteiger partial charge in [-0.3, -0.25) is 5.41 Å². The number of rotatable bonds is 6. The van der Waals surface area contributed by atoms with Gasteiger partial charge in [-0.05, 0) is 32.5 Å². The molecule has 17 heavy (non-hydrogen) atoms. The molecule has 0 bridgehead atoms. The van der Waals surface area contributed by atoms with Gasteiger partial charge in [-0.1, -0.05) is 24.3 Å². The van der Waals surface area contributed by atoms with Gasteiger partial charge in [0.1, 0.15) is 5.71 Å². The minimum Gasteiger partial charge on any atom is -0.461 e. The Morgan fingerprint density at radius 1 is 1.41 bits per heavy atom. The monoisotopic (exact) mass is 234 g/mol. The van der Waals surface area contributed by atoms with Crippen LogP contribution >= 0.6 is 0 Å². The van der Waals surface area contributed by atoms with E-state index < -0.39 is 5.97 Å². The third-order valence-corrected chi connectivity index (χ3v) is 2.41. The zero-order valence-corrected chi connectivity index (χ0v) is 10.2. The van der Waals surface area contributed by atoms with Gasteiger partial charge in [-0.2, -0.15) is 0 Å². The average Bonchev–Trinajstić information content (AvgIpc) is 2.36. The highest BCUT2D eigenvalue weighted by Gasteiger charge is 2.15. The molecule has 2 N–H and O–H groups in total. The third kappa shape index (κ3) is 3.67. The van der Waals surface area contributed by atoms with Crippen molar-refractivity contribution in [1.29, 1.82) is 5.41 Å². The summed E-state index contributed by atoms with van der Waals surface area (Å²) < 4.78 is 4.84. The highest BCUT2D eigenvalue weighted by Crippen LogP contribution is 2.11. The fraction of sp³-hybridized carbons (Fsp3) is 0.385. The number of hydrogen-bond acceptors (Lipinski definition) is 4. The quantitative estimate of drug-likeness (QED) is 0.577. The first kappa shape index (κ1) is 13.4. The van der Waals surface area contributed by atoms with E-state index in [0.717, 1.165) is 18.5 Å². The highest BCUT2D eigenvalue weighted by molar-refractivity contribution is 6.42. The summed E-state index contributed by atoms with van der Waals surface area (Å²) in [7, 11) is 1.87. The second kappa shape index (κ2) is 6.81. The maximum Gasteiger partial charge on any atom is 0.356 e. The van der Waals surface area contributed by atoms with E-state index in [1.54, 1.807) is 13.0 Å². The van der Waals surface area contributed by atoms with Crippen LogP contribution in [0.3, 0.4) is 0 Å². The molecule has 0 aliphatic carbocycles.